The lowest BCUT2D eigenvalue weighted by Crippen LogP contribution is -2.40. The summed E-state index contributed by atoms with van der Waals surface area (Å²) in [6, 6.07) is 14.2. The smallest absolute Gasteiger partial charge is 0.261 e. The summed E-state index contributed by atoms with van der Waals surface area (Å²) in [5.74, 6) is 0.00227. The molecular weight excluding hydrogens is 418 g/mol. The predicted molar refractivity (Wildman–Crippen MR) is 111 cm³/mol. The summed E-state index contributed by atoms with van der Waals surface area (Å²) in [6.07, 6.45) is 5.54. The van der Waals surface area contributed by atoms with Gasteiger partial charge in [0.1, 0.15) is 6.54 Å². The van der Waals surface area contributed by atoms with Crippen molar-refractivity contribution in [1.82, 2.24) is 14.5 Å². The highest BCUT2D eigenvalue weighted by molar-refractivity contribution is 9.10. The number of carbonyl (C=O) groups is 1. The second-order valence-corrected chi connectivity index (χ2v) is 8.54. The number of halogens is 1. The average Bonchev–Trinajstić information content (AvgIpc) is 3.44. The van der Waals surface area contributed by atoms with E-state index in [1.807, 2.05) is 17.0 Å². The quantitative estimate of drug-likeness (QED) is 0.622. The van der Waals surface area contributed by atoms with Crippen LogP contribution >= 0.6 is 15.9 Å². The second kappa shape index (κ2) is 6.85. The van der Waals surface area contributed by atoms with E-state index in [0.717, 1.165) is 30.2 Å². The molecule has 0 bridgehead atoms. The third-order valence-corrected chi connectivity index (χ3v) is 6.25. The van der Waals surface area contributed by atoms with Crippen LogP contribution < -0.4 is 5.56 Å². The Morgan fingerprint density at radius 1 is 1.18 bits per heavy atom. The average molecular weight is 438 g/mol. The maximum atomic E-state index is 13.3. The molecule has 142 valence electrons. The summed E-state index contributed by atoms with van der Waals surface area (Å²) in [5.41, 5.74) is 3.05. The molecule has 5 nitrogen and oxygen atoms in total. The van der Waals surface area contributed by atoms with Gasteiger partial charge in [-0.2, -0.15) is 0 Å². The van der Waals surface area contributed by atoms with E-state index in [2.05, 4.69) is 39.1 Å². The Hall–Kier alpha value is -2.47. The molecule has 1 fully saturated rings. The first-order valence-electron chi connectivity index (χ1n) is 9.65. The summed E-state index contributed by atoms with van der Waals surface area (Å²) >= 11 is 3.40. The molecule has 0 N–H and O–H groups in total. The number of hydrogen-bond donors (Lipinski definition) is 0. The number of nitrogens with zero attached hydrogens (tertiary/aromatic N) is 3. The minimum absolute atomic E-state index is 0.00227. The Bertz CT molecular complexity index is 1140. The Morgan fingerprint density at radius 2 is 2.00 bits per heavy atom. The number of fused-ring (bicyclic) bond motifs is 2. The van der Waals surface area contributed by atoms with Gasteiger partial charge >= 0.3 is 0 Å². The van der Waals surface area contributed by atoms with Crippen molar-refractivity contribution in [2.45, 2.75) is 44.3 Å². The van der Waals surface area contributed by atoms with Gasteiger partial charge in [-0.3, -0.25) is 14.2 Å². The Labute approximate surface area is 171 Å². The number of amides is 1. The van der Waals surface area contributed by atoms with Gasteiger partial charge in [-0.05, 0) is 55.0 Å². The van der Waals surface area contributed by atoms with Crippen LogP contribution in [0.1, 0.15) is 36.4 Å². The molecule has 1 saturated carbocycles. The molecule has 2 aliphatic carbocycles. The van der Waals surface area contributed by atoms with E-state index in [0.29, 0.717) is 16.9 Å². The maximum Gasteiger partial charge on any atom is 0.261 e. The van der Waals surface area contributed by atoms with Crippen LogP contribution in [0.4, 0.5) is 0 Å². The Morgan fingerprint density at radius 3 is 2.82 bits per heavy atom. The van der Waals surface area contributed by atoms with Crippen molar-refractivity contribution in [3.63, 3.8) is 0 Å². The van der Waals surface area contributed by atoms with Crippen molar-refractivity contribution < 1.29 is 4.79 Å². The summed E-state index contributed by atoms with van der Waals surface area (Å²) in [7, 11) is 0. The molecule has 1 aromatic heterocycles. The molecule has 0 radical (unpaired) electrons. The molecule has 0 aliphatic heterocycles. The molecule has 6 heteroatoms. The molecule has 1 unspecified atom stereocenters. The highest BCUT2D eigenvalue weighted by Gasteiger charge is 2.40. The van der Waals surface area contributed by atoms with Crippen LogP contribution in [0.5, 0.6) is 0 Å². The summed E-state index contributed by atoms with van der Waals surface area (Å²) < 4.78 is 2.26. The van der Waals surface area contributed by atoms with Crippen molar-refractivity contribution in [1.29, 1.82) is 0 Å². The molecule has 28 heavy (non-hydrogen) atoms. The molecule has 1 heterocycles. The first kappa shape index (κ1) is 17.6. The highest BCUT2D eigenvalue weighted by Crippen LogP contribution is 2.41. The van der Waals surface area contributed by atoms with Crippen LogP contribution in [-0.2, 0) is 17.8 Å². The van der Waals surface area contributed by atoms with Crippen LogP contribution in [-0.4, -0.2) is 26.4 Å². The van der Waals surface area contributed by atoms with Crippen molar-refractivity contribution in [3.05, 3.63) is 74.7 Å². The van der Waals surface area contributed by atoms with Gasteiger partial charge in [-0.1, -0.05) is 40.2 Å². The van der Waals surface area contributed by atoms with E-state index in [-0.39, 0.29) is 24.1 Å². The SMILES string of the molecule is O=C(Cn1cnc2ccc(Br)cc2c1=O)N(C1CC1)C1CCc2ccccc21. The van der Waals surface area contributed by atoms with Crippen LogP contribution in [0, 0.1) is 0 Å². The molecule has 5 rings (SSSR count). The molecule has 1 amide bonds. The molecule has 1 atom stereocenters. The van der Waals surface area contributed by atoms with E-state index in [4.69, 9.17) is 0 Å². The number of rotatable bonds is 4. The van der Waals surface area contributed by atoms with Crippen LogP contribution in [0.3, 0.4) is 0 Å². The van der Waals surface area contributed by atoms with Crippen LogP contribution in [0.15, 0.2) is 58.1 Å². The molecule has 2 aliphatic rings. The van der Waals surface area contributed by atoms with E-state index in [1.165, 1.54) is 22.0 Å². The second-order valence-electron chi connectivity index (χ2n) is 7.62. The largest absolute Gasteiger partial charge is 0.331 e. The van der Waals surface area contributed by atoms with Crippen molar-refractivity contribution in [2.24, 2.45) is 0 Å². The third kappa shape index (κ3) is 3.05. The van der Waals surface area contributed by atoms with E-state index in [9.17, 15) is 9.59 Å². The summed E-state index contributed by atoms with van der Waals surface area (Å²) in [5, 5.41) is 0.522. The number of aromatic nitrogens is 2. The maximum absolute atomic E-state index is 13.3. The standard InChI is InChI=1S/C22H20BrN3O2/c23-15-6-9-19-18(11-15)22(28)25(13-24-19)12-21(27)26(16-7-8-16)20-10-5-14-3-1-2-4-17(14)20/h1-4,6,9,11,13,16,20H,5,7-8,10,12H2. The molecule has 0 spiro atoms. The predicted octanol–water partition coefficient (Wildman–Crippen LogP) is 3.84. The van der Waals surface area contributed by atoms with Crippen molar-refractivity contribution in [2.75, 3.05) is 0 Å². The number of hydrogen-bond acceptors (Lipinski definition) is 3. The van der Waals surface area contributed by atoms with Gasteiger partial charge in [0.2, 0.25) is 5.91 Å². The number of aryl methyl sites for hydroxylation is 1. The van der Waals surface area contributed by atoms with Crippen LogP contribution in [0.25, 0.3) is 10.9 Å². The highest BCUT2D eigenvalue weighted by atomic mass is 79.9. The zero-order valence-electron chi connectivity index (χ0n) is 15.3. The Kier molecular flexibility index (Phi) is 4.31. The van der Waals surface area contributed by atoms with Crippen molar-refractivity contribution >= 4 is 32.7 Å². The molecule has 0 saturated heterocycles. The lowest BCUT2D eigenvalue weighted by atomic mass is 10.1. The lowest BCUT2D eigenvalue weighted by Gasteiger charge is -2.30. The monoisotopic (exact) mass is 437 g/mol. The topological polar surface area (TPSA) is 55.2 Å². The van der Waals surface area contributed by atoms with Gasteiger partial charge in [0.25, 0.3) is 5.56 Å². The number of carbonyl (C=O) groups excluding carboxylic acids is 1. The van der Waals surface area contributed by atoms with Crippen molar-refractivity contribution in [3.8, 4) is 0 Å². The van der Waals surface area contributed by atoms with Gasteiger partial charge < -0.3 is 4.90 Å². The van der Waals surface area contributed by atoms with Gasteiger partial charge in [0, 0.05) is 10.5 Å². The molecule has 3 aromatic rings. The summed E-state index contributed by atoms with van der Waals surface area (Å²) in [6.45, 7) is 0.0312. The summed E-state index contributed by atoms with van der Waals surface area (Å²) in [4.78, 5) is 32.5. The fourth-order valence-corrected chi connectivity index (χ4v) is 4.64. The van der Waals surface area contributed by atoms with Gasteiger partial charge in [-0.25, -0.2) is 4.98 Å². The zero-order valence-corrected chi connectivity index (χ0v) is 16.9. The van der Waals surface area contributed by atoms with Gasteiger partial charge in [0.15, 0.2) is 0 Å². The van der Waals surface area contributed by atoms with E-state index in [1.54, 1.807) is 12.1 Å². The minimum atomic E-state index is -0.179. The normalized spacial score (nSPS) is 18.2. The fourth-order valence-electron chi connectivity index (χ4n) is 4.28. The molecular formula is C22H20BrN3O2. The van der Waals surface area contributed by atoms with Gasteiger partial charge in [-0.15, -0.1) is 0 Å². The number of benzene rings is 2. The van der Waals surface area contributed by atoms with E-state index >= 15 is 0 Å². The Balaban J connectivity index is 1.46. The van der Waals surface area contributed by atoms with Crippen LogP contribution in [0.2, 0.25) is 0 Å². The van der Waals surface area contributed by atoms with E-state index < -0.39 is 0 Å². The fraction of sp³-hybridized carbons (Fsp3) is 0.318. The zero-order chi connectivity index (χ0) is 19.3. The minimum Gasteiger partial charge on any atom is -0.331 e. The molecule has 2 aromatic carbocycles. The first-order chi connectivity index (χ1) is 13.6. The van der Waals surface area contributed by atoms with Gasteiger partial charge in [0.05, 0.1) is 23.3 Å². The third-order valence-electron chi connectivity index (χ3n) is 5.76. The first-order valence-corrected chi connectivity index (χ1v) is 10.4. The lowest BCUT2D eigenvalue weighted by molar-refractivity contribution is -0.135.